The van der Waals surface area contributed by atoms with Gasteiger partial charge in [0, 0.05) is 44.5 Å². The lowest BCUT2D eigenvalue weighted by Crippen LogP contribution is -2.44. The van der Waals surface area contributed by atoms with Crippen LogP contribution < -0.4 is 5.56 Å². The molecule has 0 saturated carbocycles. The van der Waals surface area contributed by atoms with E-state index in [0.717, 1.165) is 30.6 Å². The molecule has 26 heavy (non-hydrogen) atoms. The molecule has 2 unspecified atom stereocenters. The second kappa shape index (κ2) is 6.44. The Morgan fingerprint density at radius 1 is 1.23 bits per heavy atom. The number of aromatic nitrogens is 2. The van der Waals surface area contributed by atoms with E-state index in [4.69, 9.17) is 4.98 Å². The number of nitrogens with zero attached hydrogens (tertiary/aromatic N) is 4. The predicted octanol–water partition coefficient (Wildman–Crippen LogP) is 0.859. The average molecular weight is 376 g/mol. The van der Waals surface area contributed by atoms with Crippen LogP contribution in [0.15, 0.2) is 29.2 Å². The van der Waals surface area contributed by atoms with Gasteiger partial charge in [0.1, 0.15) is 5.65 Å². The third kappa shape index (κ3) is 3.28. The number of sulfonamides is 1. The molecule has 7 nitrogen and oxygen atoms in total. The molecule has 3 aliphatic rings. The minimum atomic E-state index is -3.17. The van der Waals surface area contributed by atoms with Crippen LogP contribution >= 0.6 is 0 Å². The smallest absolute Gasteiger partial charge is 0.258 e. The molecular formula is C18H24N4O3S. The Bertz CT molecular complexity index is 1000. The standard InChI is InChI=1S/C18H24N4O3S/c1-13-4-3-7-22-17(23)8-15(19-18(13)22)11-20-9-14-5-6-16(20)12-21(10-14)26(2,24)25/h3-4,7-8,14,16H,5-6,9-12H2,1-2H3. The van der Waals surface area contributed by atoms with E-state index in [1.807, 2.05) is 19.1 Å². The molecule has 0 radical (unpaired) electrons. The molecule has 2 aromatic rings. The lowest BCUT2D eigenvalue weighted by Gasteiger charge is -2.35. The van der Waals surface area contributed by atoms with Crippen molar-refractivity contribution in [2.75, 3.05) is 25.9 Å². The lowest BCUT2D eigenvalue weighted by atomic mass is 9.95. The van der Waals surface area contributed by atoms with Gasteiger partial charge in [0.15, 0.2) is 0 Å². The monoisotopic (exact) mass is 376 g/mol. The fourth-order valence-corrected chi connectivity index (χ4v) is 5.12. The first-order valence-corrected chi connectivity index (χ1v) is 10.8. The van der Waals surface area contributed by atoms with E-state index >= 15 is 0 Å². The molecule has 2 bridgehead atoms. The van der Waals surface area contributed by atoms with Crippen molar-refractivity contribution in [3.8, 4) is 0 Å². The highest BCUT2D eigenvalue weighted by Gasteiger charge is 2.37. The molecule has 5 heterocycles. The maximum atomic E-state index is 12.4. The summed E-state index contributed by atoms with van der Waals surface area (Å²) < 4.78 is 27.2. The van der Waals surface area contributed by atoms with Crippen LogP contribution in [0.4, 0.5) is 0 Å². The van der Waals surface area contributed by atoms with Crippen LogP contribution in [0.2, 0.25) is 0 Å². The number of piperidine rings is 1. The number of rotatable bonds is 3. The summed E-state index contributed by atoms with van der Waals surface area (Å²) >= 11 is 0. The first kappa shape index (κ1) is 17.6. The minimum Gasteiger partial charge on any atom is -0.293 e. The molecule has 8 heteroatoms. The lowest BCUT2D eigenvalue weighted by molar-refractivity contribution is 0.124. The predicted molar refractivity (Wildman–Crippen MR) is 99.5 cm³/mol. The van der Waals surface area contributed by atoms with Gasteiger partial charge in [0.25, 0.3) is 5.56 Å². The Morgan fingerprint density at radius 3 is 2.81 bits per heavy atom. The van der Waals surface area contributed by atoms with Crippen molar-refractivity contribution in [3.05, 3.63) is 46.0 Å². The van der Waals surface area contributed by atoms with Crippen LogP contribution in [-0.2, 0) is 16.6 Å². The third-order valence-corrected chi connectivity index (χ3v) is 6.80. The van der Waals surface area contributed by atoms with E-state index in [0.29, 0.717) is 31.2 Å². The highest BCUT2D eigenvalue weighted by molar-refractivity contribution is 7.88. The van der Waals surface area contributed by atoms with Crippen molar-refractivity contribution in [1.82, 2.24) is 18.6 Å². The fraction of sp³-hybridized carbons (Fsp3) is 0.556. The highest BCUT2D eigenvalue weighted by atomic mass is 32.2. The maximum absolute atomic E-state index is 12.4. The zero-order valence-electron chi connectivity index (χ0n) is 15.1. The molecule has 3 fully saturated rings. The molecule has 3 aliphatic heterocycles. The summed E-state index contributed by atoms with van der Waals surface area (Å²) in [5, 5.41) is 0. The SMILES string of the molecule is Cc1cccn2c(=O)cc(CN3CC4CCC3CN(S(C)(=O)=O)C4)nc12. The molecule has 0 aliphatic carbocycles. The first-order valence-electron chi connectivity index (χ1n) is 8.98. The van der Waals surface area contributed by atoms with Crippen molar-refractivity contribution in [2.24, 2.45) is 5.92 Å². The summed E-state index contributed by atoms with van der Waals surface area (Å²) in [5.41, 5.74) is 2.33. The van der Waals surface area contributed by atoms with Gasteiger partial charge >= 0.3 is 0 Å². The summed E-state index contributed by atoms with van der Waals surface area (Å²) in [6.45, 7) is 4.51. The highest BCUT2D eigenvalue weighted by Crippen LogP contribution is 2.30. The fourth-order valence-electron chi connectivity index (χ4n) is 4.20. The van der Waals surface area contributed by atoms with Gasteiger partial charge in [-0.3, -0.25) is 14.1 Å². The minimum absolute atomic E-state index is 0.0774. The van der Waals surface area contributed by atoms with Crippen molar-refractivity contribution >= 4 is 15.7 Å². The van der Waals surface area contributed by atoms with Gasteiger partial charge in [0.05, 0.1) is 11.9 Å². The van der Waals surface area contributed by atoms with Gasteiger partial charge in [-0.2, -0.15) is 0 Å². The van der Waals surface area contributed by atoms with E-state index < -0.39 is 10.0 Å². The number of hydrogen-bond acceptors (Lipinski definition) is 5. The van der Waals surface area contributed by atoms with E-state index in [1.165, 1.54) is 6.26 Å². The number of pyridine rings is 1. The molecule has 0 amide bonds. The molecule has 5 rings (SSSR count). The summed E-state index contributed by atoms with van der Waals surface area (Å²) in [4.78, 5) is 19.4. The van der Waals surface area contributed by atoms with E-state index in [9.17, 15) is 13.2 Å². The summed E-state index contributed by atoms with van der Waals surface area (Å²) in [7, 11) is -3.17. The topological polar surface area (TPSA) is 75.0 Å². The Morgan fingerprint density at radius 2 is 2.04 bits per heavy atom. The van der Waals surface area contributed by atoms with Gasteiger partial charge in [-0.1, -0.05) is 6.07 Å². The molecule has 0 N–H and O–H groups in total. The molecule has 2 atom stereocenters. The molecule has 2 aromatic heterocycles. The van der Waals surface area contributed by atoms with Crippen molar-refractivity contribution < 1.29 is 8.42 Å². The van der Waals surface area contributed by atoms with Gasteiger partial charge in [-0.15, -0.1) is 0 Å². The first-order chi connectivity index (χ1) is 12.3. The Balaban J connectivity index is 1.63. The Labute approximate surface area is 153 Å². The van der Waals surface area contributed by atoms with Gasteiger partial charge < -0.3 is 0 Å². The van der Waals surface area contributed by atoms with Crippen molar-refractivity contribution in [3.63, 3.8) is 0 Å². The molecule has 0 spiro atoms. The van der Waals surface area contributed by atoms with E-state index in [-0.39, 0.29) is 11.6 Å². The normalized spacial score (nSPS) is 24.8. The van der Waals surface area contributed by atoms with E-state index in [2.05, 4.69) is 4.90 Å². The maximum Gasteiger partial charge on any atom is 0.258 e. The molecule has 3 saturated heterocycles. The largest absolute Gasteiger partial charge is 0.293 e. The zero-order valence-corrected chi connectivity index (χ0v) is 15.9. The second-order valence-corrected chi connectivity index (χ2v) is 9.56. The van der Waals surface area contributed by atoms with Crippen LogP contribution in [-0.4, -0.2) is 58.9 Å². The van der Waals surface area contributed by atoms with Gasteiger partial charge in [-0.25, -0.2) is 17.7 Å². The number of hydrogen-bond donors (Lipinski definition) is 0. The number of aryl methyl sites for hydroxylation is 1. The summed E-state index contributed by atoms with van der Waals surface area (Å²) in [6, 6.07) is 5.57. The van der Waals surface area contributed by atoms with Crippen LogP contribution in [0, 0.1) is 12.8 Å². The summed E-state index contributed by atoms with van der Waals surface area (Å²) in [5.74, 6) is 0.340. The van der Waals surface area contributed by atoms with Gasteiger partial charge in [-0.05, 0) is 37.3 Å². The van der Waals surface area contributed by atoms with Crippen molar-refractivity contribution in [1.29, 1.82) is 0 Å². The molecule has 0 aromatic carbocycles. The average Bonchev–Trinajstić information content (AvgIpc) is 2.88. The van der Waals surface area contributed by atoms with Gasteiger partial charge in [0.2, 0.25) is 10.0 Å². The Kier molecular flexibility index (Phi) is 4.37. The third-order valence-electron chi connectivity index (χ3n) is 5.57. The van der Waals surface area contributed by atoms with Crippen LogP contribution in [0.5, 0.6) is 0 Å². The summed E-state index contributed by atoms with van der Waals surface area (Å²) in [6.07, 6.45) is 5.07. The quantitative estimate of drug-likeness (QED) is 0.794. The van der Waals surface area contributed by atoms with Crippen LogP contribution in [0.25, 0.3) is 5.65 Å². The Hall–Kier alpha value is -1.77. The molecule has 140 valence electrons. The molecular weight excluding hydrogens is 352 g/mol. The second-order valence-electron chi connectivity index (χ2n) is 7.58. The van der Waals surface area contributed by atoms with Crippen LogP contribution in [0.3, 0.4) is 0 Å². The van der Waals surface area contributed by atoms with Crippen molar-refractivity contribution in [2.45, 2.75) is 32.4 Å². The number of fused-ring (bicyclic) bond motifs is 5. The van der Waals surface area contributed by atoms with E-state index in [1.54, 1.807) is 21.0 Å². The van der Waals surface area contributed by atoms with Crippen LogP contribution in [0.1, 0.15) is 24.1 Å². The zero-order chi connectivity index (χ0) is 18.5.